The average molecular weight is 310 g/mol. The van der Waals surface area contributed by atoms with E-state index in [4.69, 9.17) is 0 Å². The molecule has 2 bridgehead atoms. The third-order valence-corrected chi connectivity index (χ3v) is 7.20. The lowest BCUT2D eigenvalue weighted by atomic mass is 9.70. The van der Waals surface area contributed by atoms with E-state index in [0.29, 0.717) is 5.92 Å². The van der Waals surface area contributed by atoms with Crippen molar-refractivity contribution in [3.63, 3.8) is 0 Å². The molecule has 0 radical (unpaired) electrons. The molecule has 2 aliphatic carbocycles. The van der Waals surface area contributed by atoms with Gasteiger partial charge in [-0.05, 0) is 55.2 Å². The molecule has 0 spiro atoms. The lowest BCUT2D eigenvalue weighted by Gasteiger charge is -2.36. The molecule has 0 aliphatic heterocycles. The number of aromatic nitrogens is 2. The predicted octanol–water partition coefficient (Wildman–Crippen LogP) is 3.97. The van der Waals surface area contributed by atoms with Crippen LogP contribution in [-0.2, 0) is 12.5 Å². The molecule has 122 valence electrons. The SMILES string of the molecule is Cc1cccc(-n2c(=O)c3c(n2C)[C@]2(C)CC[C@H]3C2(C)C)c1C. The highest BCUT2D eigenvalue weighted by atomic mass is 16.1. The maximum absolute atomic E-state index is 13.3. The smallest absolute Gasteiger partial charge is 0.275 e. The molecule has 2 aromatic rings. The fourth-order valence-electron chi connectivity index (χ4n) is 5.26. The first-order chi connectivity index (χ1) is 10.7. The van der Waals surface area contributed by atoms with Crippen molar-refractivity contribution < 1.29 is 0 Å². The lowest BCUT2D eigenvalue weighted by Crippen LogP contribution is -2.35. The van der Waals surface area contributed by atoms with E-state index in [2.05, 4.69) is 58.5 Å². The zero-order valence-electron chi connectivity index (χ0n) is 15.0. The number of fused-ring (bicyclic) bond motifs is 5. The third-order valence-electron chi connectivity index (χ3n) is 7.20. The number of hydrogen-bond donors (Lipinski definition) is 0. The Morgan fingerprint density at radius 2 is 1.87 bits per heavy atom. The Morgan fingerprint density at radius 1 is 1.17 bits per heavy atom. The number of aryl methyl sites for hydroxylation is 1. The van der Waals surface area contributed by atoms with Crippen LogP contribution in [0.15, 0.2) is 23.0 Å². The third kappa shape index (κ3) is 1.49. The van der Waals surface area contributed by atoms with Crippen LogP contribution < -0.4 is 5.56 Å². The summed E-state index contributed by atoms with van der Waals surface area (Å²) in [5, 5.41) is 0. The Balaban J connectivity index is 2.05. The van der Waals surface area contributed by atoms with Gasteiger partial charge in [-0.25, -0.2) is 4.68 Å². The summed E-state index contributed by atoms with van der Waals surface area (Å²) in [5.74, 6) is 0.396. The summed E-state index contributed by atoms with van der Waals surface area (Å²) in [4.78, 5) is 13.3. The summed E-state index contributed by atoms with van der Waals surface area (Å²) in [6, 6.07) is 6.21. The molecule has 1 aromatic heterocycles. The summed E-state index contributed by atoms with van der Waals surface area (Å²) in [6.45, 7) is 11.2. The van der Waals surface area contributed by atoms with Gasteiger partial charge in [-0.2, -0.15) is 0 Å². The first-order valence-corrected chi connectivity index (χ1v) is 8.61. The van der Waals surface area contributed by atoms with Crippen molar-refractivity contribution in [1.29, 1.82) is 0 Å². The minimum Gasteiger partial charge on any atom is -0.284 e. The second kappa shape index (κ2) is 4.19. The van der Waals surface area contributed by atoms with Crippen LogP contribution in [0.5, 0.6) is 0 Å². The van der Waals surface area contributed by atoms with Crippen LogP contribution in [0.4, 0.5) is 0 Å². The van der Waals surface area contributed by atoms with E-state index in [1.165, 1.54) is 23.2 Å². The summed E-state index contributed by atoms with van der Waals surface area (Å²) in [6.07, 6.45) is 2.32. The molecular formula is C20H26N2O. The van der Waals surface area contributed by atoms with Crippen LogP contribution in [0.3, 0.4) is 0 Å². The molecule has 23 heavy (non-hydrogen) atoms. The van der Waals surface area contributed by atoms with Crippen molar-refractivity contribution in [2.75, 3.05) is 0 Å². The van der Waals surface area contributed by atoms with E-state index in [-0.39, 0.29) is 16.4 Å². The standard InChI is InChI=1S/C20H26N2O/c1-12-8-7-9-15(13(12)2)22-18(23)16-14-10-11-20(5,19(14,3)4)17(16)21(22)6/h7-9,14H,10-11H2,1-6H3/t14-,20+/m1/s1. The van der Waals surface area contributed by atoms with Crippen LogP contribution in [0.2, 0.25) is 0 Å². The van der Waals surface area contributed by atoms with Gasteiger partial charge in [0, 0.05) is 18.0 Å². The van der Waals surface area contributed by atoms with Gasteiger partial charge < -0.3 is 0 Å². The van der Waals surface area contributed by atoms with E-state index in [1.54, 1.807) is 0 Å². The molecule has 1 aromatic carbocycles. The second-order valence-electron chi connectivity index (χ2n) is 8.27. The number of rotatable bonds is 1. The molecule has 2 aliphatic rings. The highest BCUT2D eigenvalue weighted by molar-refractivity contribution is 5.50. The van der Waals surface area contributed by atoms with Crippen molar-refractivity contribution in [2.24, 2.45) is 12.5 Å². The Morgan fingerprint density at radius 3 is 2.52 bits per heavy atom. The largest absolute Gasteiger partial charge is 0.284 e. The van der Waals surface area contributed by atoms with Crippen LogP contribution in [0.25, 0.3) is 5.69 Å². The number of benzene rings is 1. The van der Waals surface area contributed by atoms with Crippen molar-refractivity contribution in [1.82, 2.24) is 9.36 Å². The van der Waals surface area contributed by atoms with Crippen molar-refractivity contribution in [3.8, 4) is 5.69 Å². The zero-order valence-corrected chi connectivity index (χ0v) is 15.0. The van der Waals surface area contributed by atoms with Gasteiger partial charge in [0.2, 0.25) is 0 Å². The van der Waals surface area contributed by atoms with E-state index in [9.17, 15) is 4.79 Å². The van der Waals surface area contributed by atoms with Crippen LogP contribution in [-0.4, -0.2) is 9.36 Å². The van der Waals surface area contributed by atoms with E-state index < -0.39 is 0 Å². The van der Waals surface area contributed by atoms with E-state index in [1.807, 2.05) is 10.7 Å². The minimum absolute atomic E-state index is 0.101. The van der Waals surface area contributed by atoms with Gasteiger partial charge >= 0.3 is 0 Å². The Hall–Kier alpha value is -1.77. The van der Waals surface area contributed by atoms with Crippen molar-refractivity contribution in [3.05, 3.63) is 50.9 Å². The zero-order chi connectivity index (χ0) is 16.7. The Labute approximate surface area is 137 Å². The summed E-state index contributed by atoms with van der Waals surface area (Å²) >= 11 is 0. The molecular weight excluding hydrogens is 284 g/mol. The molecule has 2 atom stereocenters. The molecule has 1 saturated carbocycles. The molecule has 4 rings (SSSR count). The maximum Gasteiger partial charge on any atom is 0.275 e. The van der Waals surface area contributed by atoms with Gasteiger partial charge in [0.15, 0.2) is 0 Å². The van der Waals surface area contributed by atoms with Gasteiger partial charge in [0.1, 0.15) is 0 Å². The lowest BCUT2D eigenvalue weighted by molar-refractivity contribution is 0.218. The monoisotopic (exact) mass is 310 g/mol. The number of hydrogen-bond acceptors (Lipinski definition) is 1. The molecule has 0 N–H and O–H groups in total. The van der Waals surface area contributed by atoms with Gasteiger partial charge in [-0.15, -0.1) is 0 Å². The molecule has 0 amide bonds. The van der Waals surface area contributed by atoms with Gasteiger partial charge in [-0.3, -0.25) is 9.48 Å². The fraction of sp³-hybridized carbons (Fsp3) is 0.550. The Bertz CT molecular complexity index is 884. The maximum atomic E-state index is 13.3. The van der Waals surface area contributed by atoms with Crippen molar-refractivity contribution in [2.45, 2.75) is 58.8 Å². The normalized spacial score (nSPS) is 27.5. The van der Waals surface area contributed by atoms with E-state index in [0.717, 1.165) is 17.7 Å². The predicted molar refractivity (Wildman–Crippen MR) is 93.6 cm³/mol. The van der Waals surface area contributed by atoms with Crippen molar-refractivity contribution >= 4 is 0 Å². The van der Waals surface area contributed by atoms with Crippen LogP contribution in [0.1, 0.15) is 61.9 Å². The van der Waals surface area contributed by atoms with Gasteiger partial charge in [0.25, 0.3) is 5.56 Å². The second-order valence-corrected chi connectivity index (χ2v) is 8.27. The van der Waals surface area contributed by atoms with Gasteiger partial charge in [-0.1, -0.05) is 32.9 Å². The first kappa shape index (κ1) is 14.8. The number of nitrogens with zero attached hydrogens (tertiary/aromatic N) is 2. The Kier molecular flexibility index (Phi) is 2.70. The molecule has 0 saturated heterocycles. The summed E-state index contributed by atoms with van der Waals surface area (Å²) in [5.41, 5.74) is 6.25. The quantitative estimate of drug-likeness (QED) is 0.783. The minimum atomic E-state index is 0.101. The van der Waals surface area contributed by atoms with Crippen LogP contribution in [0, 0.1) is 19.3 Å². The molecule has 3 nitrogen and oxygen atoms in total. The van der Waals surface area contributed by atoms with E-state index >= 15 is 0 Å². The molecule has 1 heterocycles. The van der Waals surface area contributed by atoms with Crippen LogP contribution >= 0.6 is 0 Å². The first-order valence-electron chi connectivity index (χ1n) is 8.61. The molecule has 0 unspecified atom stereocenters. The van der Waals surface area contributed by atoms with Gasteiger partial charge in [0.05, 0.1) is 11.4 Å². The summed E-state index contributed by atoms with van der Waals surface area (Å²) < 4.78 is 4.04. The fourth-order valence-corrected chi connectivity index (χ4v) is 5.26. The topological polar surface area (TPSA) is 26.9 Å². The highest BCUT2D eigenvalue weighted by Gasteiger charge is 2.62. The average Bonchev–Trinajstić information content (AvgIpc) is 2.94. The molecule has 1 fully saturated rings. The highest BCUT2D eigenvalue weighted by Crippen LogP contribution is 2.66. The molecule has 3 heteroatoms. The summed E-state index contributed by atoms with van der Waals surface area (Å²) in [7, 11) is 2.06.